The number of aromatic hydroxyl groups is 1. The molecule has 4 heteroatoms. The van der Waals surface area contributed by atoms with Gasteiger partial charge in [-0.2, -0.15) is 0 Å². The molecule has 0 radical (unpaired) electrons. The molecule has 1 aromatic carbocycles. The Kier molecular flexibility index (Phi) is 3.57. The van der Waals surface area contributed by atoms with Crippen LogP contribution in [0.5, 0.6) is 5.75 Å². The highest BCUT2D eigenvalue weighted by Gasteiger charge is 2.34. The van der Waals surface area contributed by atoms with Gasteiger partial charge in [-0.3, -0.25) is 4.79 Å². The molecule has 3 N–H and O–H groups in total. The van der Waals surface area contributed by atoms with Crippen LogP contribution in [0.1, 0.15) is 31.7 Å². The van der Waals surface area contributed by atoms with E-state index in [0.29, 0.717) is 5.69 Å². The lowest BCUT2D eigenvalue weighted by atomic mass is 9.90. The number of phenolic OH excluding ortho intramolecular Hbond substituents is 1. The third-order valence-corrected chi connectivity index (χ3v) is 3.52. The number of hydrogen-bond acceptors (Lipinski definition) is 3. The summed E-state index contributed by atoms with van der Waals surface area (Å²) in [5, 5.41) is 15.8. The van der Waals surface area contributed by atoms with E-state index in [2.05, 4.69) is 10.6 Å². The van der Waals surface area contributed by atoms with Crippen molar-refractivity contribution in [2.75, 3.05) is 11.9 Å². The van der Waals surface area contributed by atoms with Crippen LogP contribution in [0.4, 0.5) is 5.69 Å². The molecule has 1 amide bonds. The number of hydrogen-bond donors (Lipinski definition) is 3. The monoisotopic (exact) mass is 248 g/mol. The number of benzene rings is 1. The molecule has 1 heterocycles. The highest BCUT2D eigenvalue weighted by molar-refractivity contribution is 5.99. The molecule has 0 aromatic heterocycles. The lowest BCUT2D eigenvalue weighted by Crippen LogP contribution is -2.54. The van der Waals surface area contributed by atoms with Gasteiger partial charge in [0.15, 0.2) is 0 Å². The van der Waals surface area contributed by atoms with E-state index in [1.54, 1.807) is 12.1 Å². The van der Waals surface area contributed by atoms with E-state index in [1.165, 1.54) is 0 Å². The molecule has 2 rings (SSSR count). The Hall–Kier alpha value is -1.55. The van der Waals surface area contributed by atoms with E-state index >= 15 is 0 Å². The molecule has 1 aromatic rings. The van der Waals surface area contributed by atoms with E-state index < -0.39 is 5.54 Å². The number of carbonyl (C=O) groups excluding carboxylic acids is 1. The first-order valence-electron chi connectivity index (χ1n) is 6.37. The van der Waals surface area contributed by atoms with Crippen LogP contribution in [0.2, 0.25) is 0 Å². The van der Waals surface area contributed by atoms with Gasteiger partial charge in [-0.05, 0) is 57.4 Å². The average molecular weight is 248 g/mol. The van der Waals surface area contributed by atoms with Crippen molar-refractivity contribution in [2.45, 2.75) is 38.6 Å². The summed E-state index contributed by atoms with van der Waals surface area (Å²) < 4.78 is 0. The molecule has 18 heavy (non-hydrogen) atoms. The largest absolute Gasteiger partial charge is 0.506 e. The Labute approximate surface area is 107 Å². The van der Waals surface area contributed by atoms with Crippen LogP contribution in [0, 0.1) is 6.92 Å². The quantitative estimate of drug-likeness (QED) is 0.703. The predicted molar refractivity (Wildman–Crippen MR) is 71.7 cm³/mol. The van der Waals surface area contributed by atoms with Crippen LogP contribution in [-0.4, -0.2) is 23.1 Å². The van der Waals surface area contributed by atoms with E-state index in [0.717, 1.165) is 31.4 Å². The van der Waals surface area contributed by atoms with Gasteiger partial charge in [-0.25, -0.2) is 0 Å². The minimum atomic E-state index is -0.533. The van der Waals surface area contributed by atoms with E-state index in [1.807, 2.05) is 19.9 Å². The molecular formula is C14H20N2O2. The third kappa shape index (κ3) is 2.64. The van der Waals surface area contributed by atoms with Gasteiger partial charge in [-0.1, -0.05) is 6.07 Å². The molecule has 1 aliphatic heterocycles. The van der Waals surface area contributed by atoms with Crippen LogP contribution < -0.4 is 10.6 Å². The SMILES string of the molecule is Cc1ccc(O)c(NC(=O)C2(C)CCCCN2)c1. The smallest absolute Gasteiger partial charge is 0.244 e. The first-order valence-corrected chi connectivity index (χ1v) is 6.37. The Morgan fingerprint density at radius 2 is 2.22 bits per heavy atom. The average Bonchev–Trinajstić information content (AvgIpc) is 2.35. The third-order valence-electron chi connectivity index (χ3n) is 3.52. The highest BCUT2D eigenvalue weighted by Crippen LogP contribution is 2.26. The number of aryl methyl sites for hydroxylation is 1. The summed E-state index contributed by atoms with van der Waals surface area (Å²) in [6.07, 6.45) is 2.99. The van der Waals surface area contributed by atoms with Crippen molar-refractivity contribution in [3.05, 3.63) is 23.8 Å². The Morgan fingerprint density at radius 1 is 1.44 bits per heavy atom. The van der Waals surface area contributed by atoms with Gasteiger partial charge in [0.2, 0.25) is 5.91 Å². The van der Waals surface area contributed by atoms with Gasteiger partial charge in [0, 0.05) is 0 Å². The van der Waals surface area contributed by atoms with Crippen molar-refractivity contribution in [1.82, 2.24) is 5.32 Å². The fourth-order valence-electron chi connectivity index (χ4n) is 2.26. The second-order valence-electron chi connectivity index (χ2n) is 5.19. The summed E-state index contributed by atoms with van der Waals surface area (Å²) in [5.74, 6) is 0.0245. The molecule has 98 valence electrons. The zero-order valence-corrected chi connectivity index (χ0v) is 10.9. The maximum Gasteiger partial charge on any atom is 0.244 e. The van der Waals surface area contributed by atoms with E-state index in [9.17, 15) is 9.90 Å². The van der Waals surface area contributed by atoms with Gasteiger partial charge in [-0.15, -0.1) is 0 Å². The number of nitrogens with one attached hydrogen (secondary N) is 2. The number of piperidine rings is 1. The van der Waals surface area contributed by atoms with Crippen molar-refractivity contribution in [1.29, 1.82) is 0 Å². The fraction of sp³-hybridized carbons (Fsp3) is 0.500. The van der Waals surface area contributed by atoms with E-state index in [4.69, 9.17) is 0 Å². The molecular weight excluding hydrogens is 228 g/mol. The first-order chi connectivity index (χ1) is 8.51. The summed E-state index contributed by atoms with van der Waals surface area (Å²) >= 11 is 0. The zero-order valence-electron chi connectivity index (χ0n) is 10.9. The molecule has 1 atom stereocenters. The minimum absolute atomic E-state index is 0.0805. The normalized spacial score (nSPS) is 23.7. The molecule has 4 nitrogen and oxygen atoms in total. The zero-order chi connectivity index (χ0) is 13.2. The number of phenols is 1. The van der Waals surface area contributed by atoms with Gasteiger partial charge in [0.05, 0.1) is 11.2 Å². The number of amides is 1. The molecule has 1 aliphatic rings. The summed E-state index contributed by atoms with van der Waals surface area (Å²) in [5.41, 5.74) is 0.951. The predicted octanol–water partition coefficient (Wildman–Crippen LogP) is 2.17. The van der Waals surface area contributed by atoms with Crippen molar-refractivity contribution in [2.24, 2.45) is 0 Å². The molecule has 0 spiro atoms. The summed E-state index contributed by atoms with van der Waals surface area (Å²) in [4.78, 5) is 12.3. The van der Waals surface area contributed by atoms with Crippen LogP contribution in [0.25, 0.3) is 0 Å². The fourth-order valence-corrected chi connectivity index (χ4v) is 2.26. The molecule has 1 fully saturated rings. The van der Waals surface area contributed by atoms with Crippen molar-refractivity contribution < 1.29 is 9.90 Å². The lowest BCUT2D eigenvalue weighted by molar-refractivity contribution is -0.122. The molecule has 0 aliphatic carbocycles. The van der Waals surface area contributed by atoms with Gasteiger partial charge >= 0.3 is 0 Å². The standard InChI is InChI=1S/C14H20N2O2/c1-10-5-6-12(17)11(9-10)16-13(18)14(2)7-3-4-8-15-14/h5-6,9,15,17H,3-4,7-8H2,1-2H3,(H,16,18). The summed E-state index contributed by atoms with van der Waals surface area (Å²) in [6, 6.07) is 5.19. The second kappa shape index (κ2) is 4.98. The number of carbonyl (C=O) groups is 1. The van der Waals surface area contributed by atoms with Crippen LogP contribution in [-0.2, 0) is 4.79 Å². The molecule has 1 unspecified atom stereocenters. The topological polar surface area (TPSA) is 61.4 Å². The number of rotatable bonds is 2. The van der Waals surface area contributed by atoms with Gasteiger partial charge < -0.3 is 15.7 Å². The Morgan fingerprint density at radius 3 is 2.89 bits per heavy atom. The van der Waals surface area contributed by atoms with Crippen LogP contribution in [0.3, 0.4) is 0 Å². The van der Waals surface area contributed by atoms with Gasteiger partial charge in [0.25, 0.3) is 0 Å². The summed E-state index contributed by atoms with van der Waals surface area (Å²) in [7, 11) is 0. The lowest BCUT2D eigenvalue weighted by Gasteiger charge is -2.33. The van der Waals surface area contributed by atoms with Crippen molar-refractivity contribution in [3.8, 4) is 5.75 Å². The second-order valence-corrected chi connectivity index (χ2v) is 5.19. The Balaban J connectivity index is 2.13. The maximum atomic E-state index is 12.3. The van der Waals surface area contributed by atoms with E-state index in [-0.39, 0.29) is 11.7 Å². The Bertz CT molecular complexity index is 451. The molecule has 0 bridgehead atoms. The highest BCUT2D eigenvalue weighted by atomic mass is 16.3. The maximum absolute atomic E-state index is 12.3. The molecule has 1 saturated heterocycles. The minimum Gasteiger partial charge on any atom is -0.506 e. The number of anilines is 1. The van der Waals surface area contributed by atoms with Crippen LogP contribution in [0.15, 0.2) is 18.2 Å². The van der Waals surface area contributed by atoms with Crippen molar-refractivity contribution in [3.63, 3.8) is 0 Å². The van der Waals surface area contributed by atoms with Crippen molar-refractivity contribution >= 4 is 11.6 Å². The van der Waals surface area contributed by atoms with Crippen LogP contribution >= 0.6 is 0 Å². The first kappa shape index (κ1) is 12.9. The molecule has 0 saturated carbocycles. The van der Waals surface area contributed by atoms with Gasteiger partial charge in [0.1, 0.15) is 5.75 Å². The summed E-state index contributed by atoms with van der Waals surface area (Å²) in [6.45, 7) is 4.70.